The molecule has 1 atom stereocenters. The number of hydrogen-bond donors (Lipinski definition) is 2. The van der Waals surface area contributed by atoms with Gasteiger partial charge in [-0.25, -0.2) is 4.98 Å². The molecule has 2 N–H and O–H groups in total. The van der Waals surface area contributed by atoms with Crippen LogP contribution in [-0.2, 0) is 6.42 Å². The van der Waals surface area contributed by atoms with Crippen molar-refractivity contribution in [3.8, 4) is 0 Å². The Balaban J connectivity index is 1.57. The molecule has 1 saturated heterocycles. The Kier molecular flexibility index (Phi) is 7.10. The van der Waals surface area contributed by atoms with Gasteiger partial charge in [0.05, 0.1) is 10.7 Å². The summed E-state index contributed by atoms with van der Waals surface area (Å²) in [7, 11) is 0. The number of benzene rings is 1. The number of thiazole rings is 1. The highest BCUT2D eigenvalue weighted by molar-refractivity contribution is 7.11. The molecule has 6 heteroatoms. The summed E-state index contributed by atoms with van der Waals surface area (Å²) in [5.41, 5.74) is 2.46. The summed E-state index contributed by atoms with van der Waals surface area (Å²) in [4.78, 5) is 13.1. The molecule has 2 heterocycles. The van der Waals surface area contributed by atoms with Crippen LogP contribution in [0.5, 0.6) is 0 Å². The molecule has 1 fully saturated rings. The SMILES string of the molecule is CCNC(=NCCc1sc(C)nc1C)NC1CCCN(c2ccccc2)C1. The van der Waals surface area contributed by atoms with Gasteiger partial charge in [-0.2, -0.15) is 0 Å². The van der Waals surface area contributed by atoms with E-state index in [1.807, 2.05) is 0 Å². The maximum Gasteiger partial charge on any atom is 0.191 e. The first-order valence-corrected chi connectivity index (χ1v) is 10.7. The van der Waals surface area contributed by atoms with Gasteiger partial charge in [-0.3, -0.25) is 4.99 Å². The molecule has 0 saturated carbocycles. The van der Waals surface area contributed by atoms with E-state index in [0.29, 0.717) is 6.04 Å². The van der Waals surface area contributed by atoms with Crippen molar-refractivity contribution < 1.29 is 0 Å². The van der Waals surface area contributed by atoms with Crippen LogP contribution in [0.15, 0.2) is 35.3 Å². The number of para-hydroxylation sites is 1. The van der Waals surface area contributed by atoms with Crippen molar-refractivity contribution in [2.75, 3.05) is 31.1 Å². The summed E-state index contributed by atoms with van der Waals surface area (Å²) in [5, 5.41) is 8.19. The molecule has 1 aliphatic heterocycles. The van der Waals surface area contributed by atoms with E-state index in [1.54, 1.807) is 11.3 Å². The van der Waals surface area contributed by atoms with Crippen molar-refractivity contribution >= 4 is 23.0 Å². The summed E-state index contributed by atoms with van der Waals surface area (Å²) in [6, 6.07) is 11.1. The zero-order valence-corrected chi connectivity index (χ0v) is 17.5. The molecule has 5 nitrogen and oxygen atoms in total. The van der Waals surface area contributed by atoms with Crippen molar-refractivity contribution in [2.24, 2.45) is 4.99 Å². The third-order valence-electron chi connectivity index (χ3n) is 4.84. The number of anilines is 1. The number of aromatic nitrogens is 1. The molecule has 1 aromatic heterocycles. The molecule has 0 radical (unpaired) electrons. The van der Waals surface area contributed by atoms with Crippen LogP contribution in [0.4, 0.5) is 5.69 Å². The monoisotopic (exact) mass is 385 g/mol. The van der Waals surface area contributed by atoms with Gasteiger partial charge < -0.3 is 15.5 Å². The topological polar surface area (TPSA) is 52.6 Å². The average Bonchev–Trinajstić information content (AvgIpc) is 3.00. The molecular weight excluding hydrogens is 354 g/mol. The van der Waals surface area contributed by atoms with Crippen molar-refractivity contribution in [2.45, 2.75) is 46.1 Å². The summed E-state index contributed by atoms with van der Waals surface area (Å²) < 4.78 is 0. The smallest absolute Gasteiger partial charge is 0.191 e. The number of nitrogens with one attached hydrogen (secondary N) is 2. The Labute approximate surface area is 166 Å². The lowest BCUT2D eigenvalue weighted by Crippen LogP contribution is -2.51. The Morgan fingerprint density at radius 3 is 2.81 bits per heavy atom. The van der Waals surface area contributed by atoms with Gasteiger partial charge in [0.2, 0.25) is 0 Å². The van der Waals surface area contributed by atoms with Gasteiger partial charge in [0.15, 0.2) is 5.96 Å². The minimum absolute atomic E-state index is 0.421. The molecule has 1 unspecified atom stereocenters. The summed E-state index contributed by atoms with van der Waals surface area (Å²) in [6.45, 7) is 10.1. The maximum absolute atomic E-state index is 4.81. The quantitative estimate of drug-likeness (QED) is 0.590. The van der Waals surface area contributed by atoms with Crippen molar-refractivity contribution in [3.05, 3.63) is 45.9 Å². The van der Waals surface area contributed by atoms with Gasteiger partial charge in [-0.15, -0.1) is 11.3 Å². The van der Waals surface area contributed by atoms with Crippen LogP contribution in [0.1, 0.15) is 35.3 Å². The Morgan fingerprint density at radius 2 is 2.11 bits per heavy atom. The largest absolute Gasteiger partial charge is 0.369 e. The number of aliphatic imine (C=N–C) groups is 1. The summed E-state index contributed by atoms with van der Waals surface area (Å²) in [5.74, 6) is 0.927. The first-order chi connectivity index (χ1) is 13.2. The van der Waals surface area contributed by atoms with E-state index >= 15 is 0 Å². The fourth-order valence-electron chi connectivity index (χ4n) is 3.56. The van der Waals surface area contributed by atoms with Crippen molar-refractivity contribution in [1.29, 1.82) is 0 Å². The van der Waals surface area contributed by atoms with Crippen LogP contribution in [0.3, 0.4) is 0 Å². The second-order valence-corrected chi connectivity index (χ2v) is 8.30. The molecular formula is C21H31N5S. The number of hydrogen-bond acceptors (Lipinski definition) is 4. The van der Waals surface area contributed by atoms with Gasteiger partial charge >= 0.3 is 0 Å². The molecule has 3 rings (SSSR count). The van der Waals surface area contributed by atoms with Crippen LogP contribution < -0.4 is 15.5 Å². The van der Waals surface area contributed by atoms with Crippen LogP contribution >= 0.6 is 11.3 Å². The minimum atomic E-state index is 0.421. The van der Waals surface area contributed by atoms with Gasteiger partial charge in [-0.1, -0.05) is 18.2 Å². The lowest BCUT2D eigenvalue weighted by Gasteiger charge is -2.35. The van der Waals surface area contributed by atoms with Crippen LogP contribution in [-0.4, -0.2) is 43.2 Å². The molecule has 1 aromatic carbocycles. The van der Waals surface area contributed by atoms with Crippen molar-refractivity contribution in [3.63, 3.8) is 0 Å². The molecule has 0 spiro atoms. The lowest BCUT2D eigenvalue weighted by molar-refractivity contribution is 0.468. The highest BCUT2D eigenvalue weighted by atomic mass is 32.1. The molecule has 146 valence electrons. The Hall–Kier alpha value is -2.08. The van der Waals surface area contributed by atoms with Gasteiger partial charge in [-0.05, 0) is 45.7 Å². The van der Waals surface area contributed by atoms with E-state index in [1.165, 1.54) is 23.4 Å². The Bertz CT molecular complexity index is 740. The van der Waals surface area contributed by atoms with Crippen LogP contribution in [0.25, 0.3) is 0 Å². The van der Waals surface area contributed by atoms with E-state index in [-0.39, 0.29) is 0 Å². The highest BCUT2D eigenvalue weighted by Gasteiger charge is 2.20. The van der Waals surface area contributed by atoms with Crippen LogP contribution in [0, 0.1) is 13.8 Å². The van der Waals surface area contributed by atoms with Crippen LogP contribution in [0.2, 0.25) is 0 Å². The predicted molar refractivity (Wildman–Crippen MR) is 116 cm³/mol. The highest BCUT2D eigenvalue weighted by Crippen LogP contribution is 2.20. The fourth-order valence-corrected chi connectivity index (χ4v) is 4.48. The average molecular weight is 386 g/mol. The van der Waals surface area contributed by atoms with Gasteiger partial charge in [0, 0.05) is 49.2 Å². The summed E-state index contributed by atoms with van der Waals surface area (Å²) >= 11 is 1.79. The second kappa shape index (κ2) is 9.74. The molecule has 0 aliphatic carbocycles. The third kappa shape index (κ3) is 5.70. The number of guanidine groups is 1. The second-order valence-electron chi connectivity index (χ2n) is 7.02. The number of nitrogens with zero attached hydrogens (tertiary/aromatic N) is 3. The van der Waals surface area contributed by atoms with Gasteiger partial charge in [0.1, 0.15) is 0 Å². The van der Waals surface area contributed by atoms with E-state index < -0.39 is 0 Å². The molecule has 2 aromatic rings. The molecule has 0 bridgehead atoms. The first kappa shape index (κ1) is 19.7. The normalized spacial score (nSPS) is 17.8. The Morgan fingerprint density at radius 1 is 1.30 bits per heavy atom. The van der Waals surface area contributed by atoms with E-state index in [0.717, 1.165) is 49.3 Å². The van der Waals surface area contributed by atoms with E-state index in [9.17, 15) is 0 Å². The maximum atomic E-state index is 4.81. The minimum Gasteiger partial charge on any atom is -0.369 e. The van der Waals surface area contributed by atoms with Crippen molar-refractivity contribution in [1.82, 2.24) is 15.6 Å². The standard InChI is InChI=1S/C21H31N5S/c1-4-22-21(23-13-12-20-16(2)24-17(3)27-20)25-18-9-8-14-26(15-18)19-10-6-5-7-11-19/h5-7,10-11,18H,4,8-9,12-15H2,1-3H3,(H2,22,23,25). The number of aryl methyl sites for hydroxylation is 2. The third-order valence-corrected chi connectivity index (χ3v) is 5.97. The van der Waals surface area contributed by atoms with E-state index in [2.05, 4.69) is 71.6 Å². The van der Waals surface area contributed by atoms with E-state index in [4.69, 9.17) is 4.99 Å². The molecule has 0 amide bonds. The number of piperidine rings is 1. The zero-order valence-electron chi connectivity index (χ0n) is 16.7. The molecule has 1 aliphatic rings. The zero-order chi connectivity index (χ0) is 19.1. The first-order valence-electron chi connectivity index (χ1n) is 9.93. The molecule has 27 heavy (non-hydrogen) atoms. The fraction of sp³-hybridized carbons (Fsp3) is 0.524. The summed E-state index contributed by atoms with van der Waals surface area (Å²) in [6.07, 6.45) is 3.33. The van der Waals surface area contributed by atoms with Gasteiger partial charge in [0.25, 0.3) is 0 Å². The predicted octanol–water partition coefficient (Wildman–Crippen LogP) is 3.53. The lowest BCUT2D eigenvalue weighted by atomic mass is 10.1. The number of rotatable bonds is 6.